The maximum absolute atomic E-state index is 12.9. The number of nitrogens with zero attached hydrogens (tertiary/aromatic N) is 1. The Morgan fingerprint density at radius 3 is 2.35 bits per heavy atom. The van der Waals surface area contributed by atoms with Crippen LogP contribution in [0.5, 0.6) is 0 Å². The molecule has 1 aromatic heterocycles. The van der Waals surface area contributed by atoms with Crippen molar-refractivity contribution in [1.29, 1.82) is 0 Å². The highest BCUT2D eigenvalue weighted by Gasteiger charge is 2.54. The number of carbonyl (C=O) groups is 1. The van der Waals surface area contributed by atoms with Gasteiger partial charge in [-0.1, -0.05) is 0 Å². The van der Waals surface area contributed by atoms with E-state index in [1.54, 1.807) is 6.20 Å². The number of hydrogen-bond donors (Lipinski definition) is 1. The molecule has 1 heterocycles. The van der Waals surface area contributed by atoms with Gasteiger partial charge >= 0.3 is 0 Å². The molecule has 3 heteroatoms. The average molecular weight is 270 g/mol. The van der Waals surface area contributed by atoms with Gasteiger partial charge in [0.25, 0.3) is 0 Å². The Morgan fingerprint density at radius 2 is 1.80 bits per heavy atom. The molecule has 0 aliphatic heterocycles. The Balaban J connectivity index is 1.58. The zero-order chi connectivity index (χ0) is 13.7. The molecule has 5 rings (SSSR count). The first kappa shape index (κ1) is 12.4. The summed E-state index contributed by atoms with van der Waals surface area (Å²) in [7, 11) is 0. The second-order valence-electron chi connectivity index (χ2n) is 7.29. The highest BCUT2D eigenvalue weighted by molar-refractivity contribution is 5.96. The first-order chi connectivity index (χ1) is 9.64. The molecule has 106 valence electrons. The summed E-state index contributed by atoms with van der Waals surface area (Å²) in [6.45, 7) is 1.95. The molecule has 4 aliphatic rings. The normalized spacial score (nSPS) is 38.0. The van der Waals surface area contributed by atoms with E-state index >= 15 is 0 Å². The van der Waals surface area contributed by atoms with Gasteiger partial charge in [-0.3, -0.25) is 9.78 Å². The van der Waals surface area contributed by atoms with Crippen LogP contribution in [0, 0.1) is 30.1 Å². The number of anilines is 1. The van der Waals surface area contributed by atoms with E-state index in [4.69, 9.17) is 0 Å². The lowest BCUT2D eigenvalue weighted by Crippen LogP contribution is -2.51. The van der Waals surface area contributed by atoms with Gasteiger partial charge < -0.3 is 5.32 Å². The van der Waals surface area contributed by atoms with Gasteiger partial charge in [0.05, 0.1) is 16.8 Å². The van der Waals surface area contributed by atoms with Crippen molar-refractivity contribution in [1.82, 2.24) is 4.98 Å². The van der Waals surface area contributed by atoms with Crippen molar-refractivity contribution in [2.75, 3.05) is 5.32 Å². The fourth-order valence-corrected chi connectivity index (χ4v) is 5.26. The zero-order valence-corrected chi connectivity index (χ0v) is 12.1. The number of carbonyl (C=O) groups excluding carboxylic acids is 1. The molecule has 0 atom stereocenters. The van der Waals surface area contributed by atoms with Crippen LogP contribution in [0.15, 0.2) is 18.3 Å². The molecule has 3 nitrogen and oxygen atoms in total. The lowest BCUT2D eigenvalue weighted by atomic mass is 9.49. The number of hydrogen-bond acceptors (Lipinski definition) is 2. The first-order valence-corrected chi connectivity index (χ1v) is 7.88. The predicted molar refractivity (Wildman–Crippen MR) is 78.2 cm³/mol. The molecule has 1 amide bonds. The van der Waals surface area contributed by atoms with Crippen LogP contribution in [-0.4, -0.2) is 10.9 Å². The van der Waals surface area contributed by atoms with Crippen LogP contribution in [0.2, 0.25) is 0 Å². The van der Waals surface area contributed by atoms with E-state index < -0.39 is 0 Å². The van der Waals surface area contributed by atoms with Gasteiger partial charge in [0.15, 0.2) is 0 Å². The summed E-state index contributed by atoms with van der Waals surface area (Å²) in [5, 5.41) is 3.17. The Morgan fingerprint density at radius 1 is 1.20 bits per heavy atom. The minimum atomic E-state index is -0.0724. The molecule has 1 aromatic rings. The number of aromatic nitrogens is 1. The summed E-state index contributed by atoms with van der Waals surface area (Å²) in [5.74, 6) is 2.68. The van der Waals surface area contributed by atoms with E-state index in [9.17, 15) is 4.79 Å². The monoisotopic (exact) mass is 270 g/mol. The Labute approximate surface area is 120 Å². The summed E-state index contributed by atoms with van der Waals surface area (Å²) in [6.07, 6.45) is 9.24. The molecule has 4 bridgehead atoms. The molecular weight excluding hydrogens is 248 g/mol. The number of amides is 1. The largest absolute Gasteiger partial charge is 0.324 e. The molecule has 4 aliphatic carbocycles. The van der Waals surface area contributed by atoms with Crippen molar-refractivity contribution in [3.63, 3.8) is 0 Å². The molecule has 4 saturated carbocycles. The predicted octanol–water partition coefficient (Wildman–Crippen LogP) is 3.54. The Bertz CT molecular complexity index is 516. The van der Waals surface area contributed by atoms with Crippen molar-refractivity contribution in [2.24, 2.45) is 23.2 Å². The molecule has 0 aromatic carbocycles. The second-order valence-corrected chi connectivity index (χ2v) is 7.29. The molecule has 0 radical (unpaired) electrons. The van der Waals surface area contributed by atoms with Crippen LogP contribution in [0.3, 0.4) is 0 Å². The van der Waals surface area contributed by atoms with Gasteiger partial charge in [0.2, 0.25) is 5.91 Å². The van der Waals surface area contributed by atoms with Gasteiger partial charge in [-0.05, 0) is 75.3 Å². The highest BCUT2D eigenvalue weighted by atomic mass is 16.2. The topological polar surface area (TPSA) is 42.0 Å². The van der Waals surface area contributed by atoms with E-state index in [0.717, 1.165) is 48.4 Å². The number of rotatable bonds is 2. The van der Waals surface area contributed by atoms with Crippen LogP contribution in [0.1, 0.15) is 44.2 Å². The van der Waals surface area contributed by atoms with Crippen molar-refractivity contribution in [2.45, 2.75) is 45.4 Å². The van der Waals surface area contributed by atoms with Gasteiger partial charge in [0, 0.05) is 6.20 Å². The van der Waals surface area contributed by atoms with Crippen LogP contribution in [-0.2, 0) is 4.79 Å². The third-order valence-corrected chi connectivity index (χ3v) is 5.78. The van der Waals surface area contributed by atoms with Crippen LogP contribution >= 0.6 is 0 Å². The molecule has 1 N–H and O–H groups in total. The summed E-state index contributed by atoms with van der Waals surface area (Å²) in [6, 6.07) is 3.85. The summed E-state index contributed by atoms with van der Waals surface area (Å²) in [5.41, 5.74) is 1.72. The Hall–Kier alpha value is -1.38. The maximum Gasteiger partial charge on any atom is 0.230 e. The van der Waals surface area contributed by atoms with Crippen LogP contribution in [0.25, 0.3) is 0 Å². The number of pyridine rings is 1. The average Bonchev–Trinajstić information content (AvgIpc) is 2.40. The van der Waals surface area contributed by atoms with Crippen molar-refractivity contribution in [3.05, 3.63) is 24.0 Å². The van der Waals surface area contributed by atoms with Gasteiger partial charge in [-0.15, -0.1) is 0 Å². The summed E-state index contributed by atoms with van der Waals surface area (Å²) < 4.78 is 0. The van der Waals surface area contributed by atoms with Crippen molar-refractivity contribution >= 4 is 11.6 Å². The molecule has 0 spiro atoms. The fraction of sp³-hybridized carbons (Fsp3) is 0.647. The highest BCUT2D eigenvalue weighted by Crippen LogP contribution is 2.60. The first-order valence-electron chi connectivity index (χ1n) is 7.88. The minimum absolute atomic E-state index is 0.0724. The molecular formula is C17H22N2O. The molecule has 0 saturated heterocycles. The lowest BCUT2D eigenvalue weighted by Gasteiger charge is -2.55. The zero-order valence-electron chi connectivity index (χ0n) is 12.1. The maximum atomic E-state index is 12.9. The molecule has 20 heavy (non-hydrogen) atoms. The van der Waals surface area contributed by atoms with Crippen LogP contribution in [0.4, 0.5) is 5.69 Å². The standard InChI is InChI=1S/C17H22N2O/c1-11-15(3-2-4-18-11)19-16(20)17-8-12-5-13(9-17)7-14(6-12)10-17/h2-4,12-14H,5-10H2,1H3,(H,19,20). The van der Waals surface area contributed by atoms with E-state index in [1.165, 1.54) is 19.3 Å². The lowest BCUT2D eigenvalue weighted by molar-refractivity contribution is -0.140. The van der Waals surface area contributed by atoms with Gasteiger partial charge in [0.1, 0.15) is 0 Å². The van der Waals surface area contributed by atoms with Crippen molar-refractivity contribution in [3.8, 4) is 0 Å². The summed E-state index contributed by atoms with van der Waals surface area (Å²) >= 11 is 0. The molecule has 0 unspecified atom stereocenters. The fourth-order valence-electron chi connectivity index (χ4n) is 5.26. The smallest absolute Gasteiger partial charge is 0.230 e. The minimum Gasteiger partial charge on any atom is -0.324 e. The third kappa shape index (κ3) is 1.87. The van der Waals surface area contributed by atoms with Crippen molar-refractivity contribution < 1.29 is 4.79 Å². The number of aryl methyl sites for hydroxylation is 1. The SMILES string of the molecule is Cc1ncccc1NC(=O)C12CC3CC(CC(C3)C1)C2. The number of nitrogens with one attached hydrogen (secondary N) is 1. The van der Waals surface area contributed by atoms with Gasteiger partial charge in [-0.25, -0.2) is 0 Å². The van der Waals surface area contributed by atoms with E-state index in [-0.39, 0.29) is 11.3 Å². The summed E-state index contributed by atoms with van der Waals surface area (Å²) in [4.78, 5) is 17.1. The van der Waals surface area contributed by atoms with Gasteiger partial charge in [-0.2, -0.15) is 0 Å². The van der Waals surface area contributed by atoms with E-state index in [0.29, 0.717) is 0 Å². The Kier molecular flexibility index (Phi) is 2.66. The van der Waals surface area contributed by atoms with Crippen LogP contribution < -0.4 is 5.32 Å². The van der Waals surface area contributed by atoms with E-state index in [2.05, 4.69) is 10.3 Å². The quantitative estimate of drug-likeness (QED) is 0.893. The third-order valence-electron chi connectivity index (χ3n) is 5.78. The second kappa shape index (κ2) is 4.31. The van der Waals surface area contributed by atoms with E-state index in [1.807, 2.05) is 19.1 Å². The molecule has 4 fully saturated rings.